The Morgan fingerprint density at radius 1 is 0.897 bits per heavy atom. The predicted molar refractivity (Wildman–Crippen MR) is 133 cm³/mol. The molecule has 0 N–H and O–H groups in total. The van der Waals surface area contributed by atoms with Gasteiger partial charge < -0.3 is 9.80 Å². The van der Waals surface area contributed by atoms with Gasteiger partial charge in [0.15, 0.2) is 5.65 Å². The van der Waals surface area contributed by atoms with Crippen molar-refractivity contribution in [2.45, 2.75) is 5.92 Å². The van der Waals surface area contributed by atoms with Crippen molar-refractivity contribution in [3.8, 4) is 11.3 Å². The molecule has 1 saturated heterocycles. The number of aryl methyl sites for hydroxylation is 1. The molecule has 0 bridgehead atoms. The van der Waals surface area contributed by atoms with E-state index in [2.05, 4.69) is 25.3 Å². The lowest BCUT2D eigenvalue weighted by atomic mass is 10.0. The minimum Gasteiger partial charge on any atom is -0.336 e. The van der Waals surface area contributed by atoms with E-state index in [1.807, 2.05) is 7.05 Å². The number of likely N-dealkylation sites (N-methyl/N-ethyl adjacent to an activating group) is 1. The number of piperazine rings is 1. The smallest absolute Gasteiger partial charge is 0.336 e. The molecule has 4 heterocycles. The first kappa shape index (κ1) is 24.9. The number of rotatable bonds is 4. The molecule has 1 aliphatic heterocycles. The fourth-order valence-electron chi connectivity index (χ4n) is 4.70. The largest absolute Gasteiger partial charge is 0.336 e. The van der Waals surface area contributed by atoms with Crippen molar-refractivity contribution in [1.82, 2.24) is 39.4 Å². The minimum atomic E-state index is -3.90. The van der Waals surface area contributed by atoms with Gasteiger partial charge in [0.2, 0.25) is 5.82 Å². The van der Waals surface area contributed by atoms with Crippen LogP contribution in [0.3, 0.4) is 0 Å². The Morgan fingerprint density at radius 2 is 1.67 bits per heavy atom. The van der Waals surface area contributed by atoms with Crippen LogP contribution in [0.5, 0.6) is 0 Å². The van der Waals surface area contributed by atoms with Gasteiger partial charge in [-0.2, -0.15) is 23.5 Å². The number of nitrogens with zero attached hydrogens (tertiary/aromatic N) is 8. The molecule has 1 aliphatic rings. The van der Waals surface area contributed by atoms with Crippen LogP contribution in [0.1, 0.15) is 21.7 Å². The van der Waals surface area contributed by atoms with E-state index in [0.29, 0.717) is 31.6 Å². The second-order valence-electron chi connectivity index (χ2n) is 9.57. The van der Waals surface area contributed by atoms with Gasteiger partial charge in [-0.3, -0.25) is 9.48 Å². The summed E-state index contributed by atoms with van der Waals surface area (Å²) < 4.78 is 63.3. The van der Waals surface area contributed by atoms with Gasteiger partial charge in [-0.1, -0.05) is 6.07 Å². The van der Waals surface area contributed by atoms with Crippen molar-refractivity contribution < 1.29 is 22.4 Å². The molecule has 1 amide bonds. The van der Waals surface area contributed by atoms with E-state index in [1.54, 1.807) is 11.9 Å². The fraction of sp³-hybridized carbons (Fsp3) is 0.269. The summed E-state index contributed by atoms with van der Waals surface area (Å²) in [7, 11) is 3.55. The van der Waals surface area contributed by atoms with Gasteiger partial charge in [0.1, 0.15) is 11.6 Å². The number of halogens is 4. The lowest BCUT2D eigenvalue weighted by Gasteiger charge is -2.32. The van der Waals surface area contributed by atoms with E-state index in [-0.39, 0.29) is 28.0 Å². The molecule has 6 rings (SSSR count). The Labute approximate surface area is 219 Å². The SMILES string of the molecule is CN1CCN(C(=O)c2ccc(-c3ccc4nnc(C(F)(F)c5cc6cn(C)nc6cc5F)n4n3)cc2F)CC1. The minimum absolute atomic E-state index is 0.00127. The lowest BCUT2D eigenvalue weighted by Crippen LogP contribution is -2.47. The number of benzene rings is 2. The van der Waals surface area contributed by atoms with Gasteiger partial charge in [0.25, 0.3) is 5.91 Å². The first-order chi connectivity index (χ1) is 18.6. The average molecular weight is 539 g/mol. The molecule has 3 aromatic heterocycles. The van der Waals surface area contributed by atoms with E-state index >= 15 is 13.2 Å². The lowest BCUT2D eigenvalue weighted by molar-refractivity contribution is 0.0270. The van der Waals surface area contributed by atoms with Crippen LogP contribution in [-0.4, -0.2) is 78.5 Å². The molecule has 0 spiro atoms. The highest BCUT2D eigenvalue weighted by Crippen LogP contribution is 2.38. The summed E-state index contributed by atoms with van der Waals surface area (Å²) in [5.74, 6) is -7.11. The highest BCUT2D eigenvalue weighted by Gasteiger charge is 2.43. The molecular formula is C26H22F4N8O. The van der Waals surface area contributed by atoms with Gasteiger partial charge >= 0.3 is 5.92 Å². The molecular weight excluding hydrogens is 516 g/mol. The van der Waals surface area contributed by atoms with Crippen molar-refractivity contribution in [3.63, 3.8) is 0 Å². The van der Waals surface area contributed by atoms with E-state index in [0.717, 1.165) is 22.7 Å². The number of carbonyl (C=O) groups is 1. The van der Waals surface area contributed by atoms with E-state index in [1.165, 1.54) is 35.1 Å². The summed E-state index contributed by atoms with van der Waals surface area (Å²) in [5.41, 5.74) is -0.351. The monoisotopic (exact) mass is 538 g/mol. The van der Waals surface area contributed by atoms with Gasteiger partial charge in [0, 0.05) is 56.4 Å². The number of carbonyl (C=O) groups excluding carboxylic acids is 1. The molecule has 39 heavy (non-hydrogen) atoms. The van der Waals surface area contributed by atoms with Crippen LogP contribution in [0.4, 0.5) is 17.6 Å². The third kappa shape index (κ3) is 4.28. The van der Waals surface area contributed by atoms with Crippen molar-refractivity contribution in [2.75, 3.05) is 33.2 Å². The van der Waals surface area contributed by atoms with Crippen LogP contribution in [-0.2, 0) is 13.0 Å². The Kier molecular flexibility index (Phi) is 5.83. The van der Waals surface area contributed by atoms with Crippen LogP contribution < -0.4 is 0 Å². The molecule has 13 heteroatoms. The molecule has 200 valence electrons. The second kappa shape index (κ2) is 9.12. The van der Waals surface area contributed by atoms with Crippen LogP contribution in [0.2, 0.25) is 0 Å². The number of fused-ring (bicyclic) bond motifs is 2. The molecule has 1 fully saturated rings. The average Bonchev–Trinajstić information content (AvgIpc) is 3.50. The van der Waals surface area contributed by atoms with E-state index < -0.39 is 34.9 Å². The predicted octanol–water partition coefficient (Wildman–Crippen LogP) is 3.48. The quantitative estimate of drug-likeness (QED) is 0.326. The number of aromatic nitrogens is 6. The molecule has 0 aliphatic carbocycles. The molecule has 0 unspecified atom stereocenters. The summed E-state index contributed by atoms with van der Waals surface area (Å²) in [4.78, 5) is 16.5. The Balaban J connectivity index is 1.35. The summed E-state index contributed by atoms with van der Waals surface area (Å²) >= 11 is 0. The molecule has 5 aromatic rings. The zero-order valence-electron chi connectivity index (χ0n) is 20.9. The number of amides is 1. The first-order valence-electron chi connectivity index (χ1n) is 12.1. The highest BCUT2D eigenvalue weighted by molar-refractivity contribution is 5.95. The summed E-state index contributed by atoms with van der Waals surface area (Å²) in [6.07, 6.45) is 1.50. The van der Waals surface area contributed by atoms with E-state index in [9.17, 15) is 9.18 Å². The number of alkyl halides is 2. The van der Waals surface area contributed by atoms with Crippen LogP contribution in [0.15, 0.2) is 48.7 Å². The summed E-state index contributed by atoms with van der Waals surface area (Å²) in [5, 5.41) is 15.9. The molecule has 0 atom stereocenters. The maximum absolute atomic E-state index is 15.7. The topological polar surface area (TPSA) is 84.5 Å². The van der Waals surface area contributed by atoms with Crippen molar-refractivity contribution in [3.05, 3.63) is 77.2 Å². The molecule has 9 nitrogen and oxygen atoms in total. The number of hydrogen-bond acceptors (Lipinski definition) is 6. The fourth-order valence-corrected chi connectivity index (χ4v) is 4.70. The van der Waals surface area contributed by atoms with E-state index in [4.69, 9.17) is 0 Å². The van der Waals surface area contributed by atoms with Gasteiger partial charge in [-0.05, 0) is 37.4 Å². The van der Waals surface area contributed by atoms with Crippen LogP contribution in [0.25, 0.3) is 27.8 Å². The van der Waals surface area contributed by atoms with Crippen molar-refractivity contribution >= 4 is 22.5 Å². The Bertz CT molecular complexity index is 1740. The van der Waals surface area contributed by atoms with Crippen molar-refractivity contribution in [1.29, 1.82) is 0 Å². The summed E-state index contributed by atoms with van der Waals surface area (Å²) in [6.45, 7) is 2.38. The zero-order valence-corrected chi connectivity index (χ0v) is 20.9. The highest BCUT2D eigenvalue weighted by atomic mass is 19.3. The normalized spacial score (nSPS) is 15.0. The van der Waals surface area contributed by atoms with Gasteiger partial charge in [-0.15, -0.1) is 10.2 Å². The Morgan fingerprint density at radius 3 is 2.41 bits per heavy atom. The standard InChI is InChI=1S/C26H22F4N8O/c1-35-7-9-37(10-8-35)24(39)17-4-3-15(12-19(17)27)21-5-6-23-31-32-25(38(23)34-21)26(29,30)18-11-16-14-36(2)33-22(16)13-20(18)28/h3-6,11-14H,7-10H2,1-2H3. The third-order valence-corrected chi connectivity index (χ3v) is 6.88. The van der Waals surface area contributed by atoms with Crippen molar-refractivity contribution in [2.24, 2.45) is 7.05 Å². The maximum Gasteiger partial charge on any atom is 0.336 e. The number of hydrogen-bond donors (Lipinski definition) is 0. The maximum atomic E-state index is 15.7. The summed E-state index contributed by atoms with van der Waals surface area (Å²) in [6, 6.07) is 8.83. The Hall–Kier alpha value is -4.39. The first-order valence-corrected chi connectivity index (χ1v) is 12.1. The van der Waals surface area contributed by atoms with Gasteiger partial charge in [0.05, 0.1) is 22.3 Å². The zero-order chi connectivity index (χ0) is 27.5. The van der Waals surface area contributed by atoms with Crippen LogP contribution in [0, 0.1) is 11.6 Å². The van der Waals surface area contributed by atoms with Crippen LogP contribution >= 0.6 is 0 Å². The third-order valence-electron chi connectivity index (χ3n) is 6.88. The van der Waals surface area contributed by atoms with Gasteiger partial charge in [-0.25, -0.2) is 8.78 Å². The second-order valence-corrected chi connectivity index (χ2v) is 9.57. The molecule has 0 saturated carbocycles. The molecule has 0 radical (unpaired) electrons. The molecule has 2 aromatic carbocycles.